The summed E-state index contributed by atoms with van der Waals surface area (Å²) in [4.78, 5) is 19.9. The number of nitrogens with two attached hydrogens (primary N) is 1. The van der Waals surface area contributed by atoms with Crippen molar-refractivity contribution in [1.82, 2.24) is 19.7 Å². The minimum atomic E-state index is -0.178. The van der Waals surface area contributed by atoms with Gasteiger partial charge in [-0.1, -0.05) is 42.5 Å². The molecule has 0 bridgehead atoms. The number of hydrogen-bond acceptors (Lipinski definition) is 4. The topological polar surface area (TPSA) is 89.6 Å². The van der Waals surface area contributed by atoms with Gasteiger partial charge in [0, 0.05) is 7.05 Å². The van der Waals surface area contributed by atoms with Gasteiger partial charge >= 0.3 is 0 Å². The summed E-state index contributed by atoms with van der Waals surface area (Å²) in [7, 11) is 1.80. The molecule has 6 heteroatoms. The molecular weight excluding hydrogens is 326 g/mol. The number of fused-ring (bicyclic) bond motifs is 1. The normalized spacial score (nSPS) is 11.1. The van der Waals surface area contributed by atoms with Gasteiger partial charge in [0.05, 0.1) is 22.2 Å². The maximum atomic E-state index is 12.4. The molecule has 0 unspecified atom stereocenters. The van der Waals surface area contributed by atoms with Crippen LogP contribution in [0.4, 0.5) is 5.82 Å². The van der Waals surface area contributed by atoms with Gasteiger partial charge in [0.15, 0.2) is 0 Å². The van der Waals surface area contributed by atoms with Crippen LogP contribution in [-0.4, -0.2) is 19.7 Å². The predicted octanol–water partition coefficient (Wildman–Crippen LogP) is 2.69. The van der Waals surface area contributed by atoms with Crippen molar-refractivity contribution in [3.05, 3.63) is 76.2 Å². The van der Waals surface area contributed by atoms with Crippen molar-refractivity contribution < 1.29 is 0 Å². The van der Waals surface area contributed by atoms with E-state index < -0.39 is 0 Å². The van der Waals surface area contributed by atoms with Crippen molar-refractivity contribution in [3.63, 3.8) is 0 Å². The first kappa shape index (κ1) is 16.1. The molecule has 2 aromatic carbocycles. The Bertz CT molecular complexity index is 1130. The molecule has 0 aliphatic heterocycles. The molecule has 130 valence electrons. The van der Waals surface area contributed by atoms with Crippen LogP contribution < -0.4 is 11.3 Å². The molecule has 0 radical (unpaired) electrons. The predicted molar refractivity (Wildman–Crippen MR) is 103 cm³/mol. The molecule has 4 aromatic rings. The number of aromatic amines is 1. The van der Waals surface area contributed by atoms with Crippen LogP contribution in [0.25, 0.3) is 22.3 Å². The number of aryl methyl sites for hydroxylation is 3. The molecular formula is C20H19N5O. The Morgan fingerprint density at radius 1 is 1.04 bits per heavy atom. The van der Waals surface area contributed by atoms with Gasteiger partial charge in [-0.25, -0.2) is 4.98 Å². The Morgan fingerprint density at radius 3 is 2.58 bits per heavy atom. The number of rotatable bonds is 4. The fraction of sp³-hybridized carbons (Fsp3) is 0.150. The largest absolute Gasteiger partial charge is 0.383 e. The van der Waals surface area contributed by atoms with Crippen LogP contribution in [-0.2, 0) is 19.9 Å². The van der Waals surface area contributed by atoms with Crippen molar-refractivity contribution in [2.24, 2.45) is 7.05 Å². The maximum Gasteiger partial charge on any atom is 0.259 e. The quantitative estimate of drug-likeness (QED) is 0.595. The Balaban J connectivity index is 1.78. The van der Waals surface area contributed by atoms with Crippen LogP contribution >= 0.6 is 0 Å². The van der Waals surface area contributed by atoms with Crippen molar-refractivity contribution in [3.8, 4) is 11.4 Å². The van der Waals surface area contributed by atoms with Gasteiger partial charge in [-0.3, -0.25) is 9.48 Å². The van der Waals surface area contributed by atoms with E-state index in [2.05, 4.69) is 27.2 Å². The summed E-state index contributed by atoms with van der Waals surface area (Å²) in [6.07, 6.45) is 1.54. The Labute approximate surface area is 150 Å². The number of H-pyrrole nitrogens is 1. The van der Waals surface area contributed by atoms with Crippen molar-refractivity contribution in [2.45, 2.75) is 12.8 Å². The van der Waals surface area contributed by atoms with E-state index in [1.54, 1.807) is 17.8 Å². The lowest BCUT2D eigenvalue weighted by Crippen LogP contribution is -2.10. The minimum absolute atomic E-state index is 0.178. The highest BCUT2D eigenvalue weighted by molar-refractivity contribution is 5.81. The molecule has 2 heterocycles. The van der Waals surface area contributed by atoms with E-state index in [0.717, 1.165) is 12.1 Å². The van der Waals surface area contributed by atoms with Gasteiger partial charge in [0.25, 0.3) is 5.56 Å². The van der Waals surface area contributed by atoms with Gasteiger partial charge in [-0.15, -0.1) is 0 Å². The Kier molecular flexibility index (Phi) is 4.01. The zero-order valence-electron chi connectivity index (χ0n) is 14.4. The van der Waals surface area contributed by atoms with Gasteiger partial charge in [-0.05, 0) is 30.5 Å². The van der Waals surface area contributed by atoms with Crippen LogP contribution in [0.15, 0.2) is 59.4 Å². The minimum Gasteiger partial charge on any atom is -0.383 e. The summed E-state index contributed by atoms with van der Waals surface area (Å²) in [5.74, 6) is 0.953. The van der Waals surface area contributed by atoms with Gasteiger partial charge < -0.3 is 10.7 Å². The van der Waals surface area contributed by atoms with Gasteiger partial charge in [0.2, 0.25) is 0 Å². The first-order valence-corrected chi connectivity index (χ1v) is 8.48. The third kappa shape index (κ3) is 2.86. The van der Waals surface area contributed by atoms with Crippen LogP contribution in [0.2, 0.25) is 0 Å². The van der Waals surface area contributed by atoms with E-state index in [4.69, 9.17) is 5.73 Å². The summed E-state index contributed by atoms with van der Waals surface area (Å²) < 4.78 is 1.63. The highest BCUT2D eigenvalue weighted by atomic mass is 16.1. The van der Waals surface area contributed by atoms with Crippen LogP contribution in [0, 0.1) is 0 Å². The second-order valence-corrected chi connectivity index (χ2v) is 6.25. The fourth-order valence-electron chi connectivity index (χ4n) is 3.14. The van der Waals surface area contributed by atoms with Crippen molar-refractivity contribution >= 4 is 16.7 Å². The molecule has 0 saturated heterocycles. The lowest BCUT2D eigenvalue weighted by molar-refractivity contribution is 0.745. The molecule has 0 amide bonds. The zero-order valence-corrected chi connectivity index (χ0v) is 14.4. The first-order chi connectivity index (χ1) is 12.6. The lowest BCUT2D eigenvalue weighted by Gasteiger charge is -2.05. The van der Waals surface area contributed by atoms with Gasteiger partial charge in [0.1, 0.15) is 11.6 Å². The number of nitrogen functional groups attached to an aromatic ring is 1. The van der Waals surface area contributed by atoms with E-state index in [1.807, 2.05) is 36.4 Å². The average molecular weight is 345 g/mol. The smallest absolute Gasteiger partial charge is 0.259 e. The Morgan fingerprint density at radius 2 is 1.77 bits per heavy atom. The Hall–Kier alpha value is -3.41. The van der Waals surface area contributed by atoms with Crippen LogP contribution in [0.3, 0.4) is 0 Å². The summed E-state index contributed by atoms with van der Waals surface area (Å²) in [5.41, 5.74) is 9.45. The molecule has 0 saturated carbocycles. The summed E-state index contributed by atoms with van der Waals surface area (Å²) >= 11 is 0. The number of hydrogen-bond donors (Lipinski definition) is 2. The van der Waals surface area contributed by atoms with E-state index in [9.17, 15) is 4.79 Å². The molecule has 6 nitrogen and oxygen atoms in total. The first-order valence-electron chi connectivity index (χ1n) is 8.48. The van der Waals surface area contributed by atoms with E-state index >= 15 is 0 Å². The van der Waals surface area contributed by atoms with E-state index in [1.165, 1.54) is 5.56 Å². The average Bonchev–Trinajstić information content (AvgIpc) is 2.95. The zero-order chi connectivity index (χ0) is 18.1. The summed E-state index contributed by atoms with van der Waals surface area (Å²) in [6.45, 7) is 0. The summed E-state index contributed by atoms with van der Waals surface area (Å²) in [6, 6.07) is 17.5. The molecule has 0 atom stereocenters. The van der Waals surface area contributed by atoms with Crippen LogP contribution in [0.1, 0.15) is 11.3 Å². The number of aromatic nitrogens is 4. The fourth-order valence-corrected chi connectivity index (χ4v) is 3.14. The standard InChI is InChI=1S/C20H19N5O/c1-25-18(21)17(16(24-25)12-11-13-7-3-2-4-8-13)19-22-15-10-6-5-9-14(15)20(26)23-19/h2-10H,11-12,21H2,1H3,(H,22,23,26). The number of nitrogens with one attached hydrogen (secondary N) is 1. The number of para-hydroxylation sites is 1. The van der Waals surface area contributed by atoms with Crippen molar-refractivity contribution in [1.29, 1.82) is 0 Å². The molecule has 4 rings (SSSR count). The van der Waals surface area contributed by atoms with Crippen molar-refractivity contribution in [2.75, 3.05) is 5.73 Å². The second kappa shape index (κ2) is 6.48. The molecule has 0 aliphatic carbocycles. The molecule has 0 fully saturated rings. The third-order valence-corrected chi connectivity index (χ3v) is 4.51. The highest BCUT2D eigenvalue weighted by Gasteiger charge is 2.18. The number of nitrogens with zero attached hydrogens (tertiary/aromatic N) is 3. The van der Waals surface area contributed by atoms with E-state index in [0.29, 0.717) is 34.5 Å². The molecule has 26 heavy (non-hydrogen) atoms. The maximum absolute atomic E-state index is 12.4. The second-order valence-electron chi connectivity index (χ2n) is 6.25. The molecule has 2 aromatic heterocycles. The molecule has 0 spiro atoms. The molecule has 0 aliphatic rings. The lowest BCUT2D eigenvalue weighted by atomic mass is 10.1. The highest BCUT2D eigenvalue weighted by Crippen LogP contribution is 2.27. The summed E-state index contributed by atoms with van der Waals surface area (Å²) in [5, 5.41) is 5.10. The van der Waals surface area contributed by atoms with E-state index in [-0.39, 0.29) is 5.56 Å². The number of anilines is 1. The third-order valence-electron chi connectivity index (χ3n) is 4.51. The van der Waals surface area contributed by atoms with Crippen LogP contribution in [0.5, 0.6) is 0 Å². The monoisotopic (exact) mass is 345 g/mol. The SMILES string of the molecule is Cn1nc(CCc2ccccc2)c(-c2nc3ccccc3c(=O)[nH]2)c1N. The van der Waals surface area contributed by atoms with Gasteiger partial charge in [-0.2, -0.15) is 5.10 Å². The number of benzene rings is 2. The molecule has 3 N–H and O–H groups in total.